The second kappa shape index (κ2) is 5.42. The van der Waals surface area contributed by atoms with E-state index in [9.17, 15) is 0 Å². The van der Waals surface area contributed by atoms with Gasteiger partial charge in [0.15, 0.2) is 0 Å². The van der Waals surface area contributed by atoms with Crippen LogP contribution in [0.4, 0.5) is 5.82 Å². The second-order valence-corrected chi connectivity index (χ2v) is 3.12. The first-order valence-electron chi connectivity index (χ1n) is 4.89. The molecule has 0 bridgehead atoms. The van der Waals surface area contributed by atoms with Gasteiger partial charge in [0.05, 0.1) is 7.11 Å². The van der Waals surface area contributed by atoms with Gasteiger partial charge in [-0.25, -0.2) is 4.98 Å². The van der Waals surface area contributed by atoms with E-state index >= 15 is 0 Å². The highest BCUT2D eigenvalue weighted by molar-refractivity contribution is 5.38. The number of nitrogens with one attached hydrogen (secondary N) is 1. The van der Waals surface area contributed by atoms with Crippen LogP contribution >= 0.6 is 0 Å². The molecule has 1 aromatic rings. The minimum absolute atomic E-state index is 0.608. The van der Waals surface area contributed by atoms with Gasteiger partial charge in [-0.1, -0.05) is 13.3 Å². The van der Waals surface area contributed by atoms with Crippen LogP contribution < -0.4 is 10.1 Å². The number of methoxy groups -OCH3 is 1. The number of aryl methyl sites for hydroxylation is 1. The zero-order valence-electron chi connectivity index (χ0n) is 9.00. The average Bonchev–Trinajstić information content (AvgIpc) is 2.17. The SMILES string of the molecule is CCCCNc1cc(OC)nc(C)n1. The Balaban J connectivity index is 2.62. The van der Waals surface area contributed by atoms with Crippen molar-refractivity contribution in [2.45, 2.75) is 26.7 Å². The van der Waals surface area contributed by atoms with Crippen molar-refractivity contribution in [1.29, 1.82) is 0 Å². The lowest BCUT2D eigenvalue weighted by Crippen LogP contribution is -2.05. The highest BCUT2D eigenvalue weighted by atomic mass is 16.5. The molecule has 0 radical (unpaired) electrons. The van der Waals surface area contributed by atoms with E-state index in [1.54, 1.807) is 7.11 Å². The lowest BCUT2D eigenvalue weighted by molar-refractivity contribution is 0.396. The molecule has 1 heterocycles. The molecule has 0 aromatic carbocycles. The number of hydrogen-bond donors (Lipinski definition) is 1. The zero-order valence-corrected chi connectivity index (χ0v) is 9.00. The van der Waals surface area contributed by atoms with E-state index < -0.39 is 0 Å². The summed E-state index contributed by atoms with van der Waals surface area (Å²) in [5, 5.41) is 3.23. The standard InChI is InChI=1S/C10H17N3O/c1-4-5-6-11-9-7-10(14-3)13-8(2)12-9/h7H,4-6H2,1-3H3,(H,11,12,13). The molecular formula is C10H17N3O. The Labute approximate surface area is 84.7 Å². The van der Waals surface area contributed by atoms with Crippen molar-refractivity contribution >= 4 is 5.82 Å². The van der Waals surface area contributed by atoms with E-state index in [0.29, 0.717) is 5.88 Å². The van der Waals surface area contributed by atoms with Crippen LogP contribution in [0.15, 0.2) is 6.07 Å². The number of aromatic nitrogens is 2. The number of hydrogen-bond acceptors (Lipinski definition) is 4. The Kier molecular flexibility index (Phi) is 4.16. The molecule has 4 heteroatoms. The molecule has 0 unspecified atom stereocenters. The van der Waals surface area contributed by atoms with Gasteiger partial charge in [0.25, 0.3) is 0 Å². The van der Waals surface area contributed by atoms with Crippen LogP contribution in [0.25, 0.3) is 0 Å². The molecule has 1 rings (SSSR count). The lowest BCUT2D eigenvalue weighted by Gasteiger charge is -2.06. The minimum Gasteiger partial charge on any atom is -0.481 e. The van der Waals surface area contributed by atoms with Gasteiger partial charge in [0.2, 0.25) is 5.88 Å². The first kappa shape index (κ1) is 10.8. The monoisotopic (exact) mass is 195 g/mol. The van der Waals surface area contributed by atoms with Gasteiger partial charge in [0.1, 0.15) is 11.6 Å². The fourth-order valence-electron chi connectivity index (χ4n) is 1.13. The van der Waals surface area contributed by atoms with Crippen molar-refractivity contribution < 1.29 is 4.74 Å². The molecule has 0 aliphatic carbocycles. The van der Waals surface area contributed by atoms with Gasteiger partial charge < -0.3 is 10.1 Å². The van der Waals surface area contributed by atoms with Crippen molar-refractivity contribution in [3.63, 3.8) is 0 Å². The number of unbranched alkanes of at least 4 members (excludes halogenated alkanes) is 1. The van der Waals surface area contributed by atoms with E-state index in [2.05, 4.69) is 22.2 Å². The average molecular weight is 195 g/mol. The molecule has 0 spiro atoms. The van der Waals surface area contributed by atoms with Crippen LogP contribution in [-0.2, 0) is 0 Å². The van der Waals surface area contributed by atoms with Crippen LogP contribution in [0.3, 0.4) is 0 Å². The zero-order chi connectivity index (χ0) is 10.4. The highest BCUT2D eigenvalue weighted by Crippen LogP contribution is 2.12. The Morgan fingerprint density at radius 2 is 2.21 bits per heavy atom. The number of anilines is 1. The van der Waals surface area contributed by atoms with Gasteiger partial charge >= 0.3 is 0 Å². The quantitative estimate of drug-likeness (QED) is 0.730. The number of nitrogens with zero attached hydrogens (tertiary/aromatic N) is 2. The normalized spacial score (nSPS) is 9.93. The number of rotatable bonds is 5. The van der Waals surface area contributed by atoms with Gasteiger partial charge in [-0.2, -0.15) is 4.98 Å². The Hall–Kier alpha value is -1.32. The molecule has 4 nitrogen and oxygen atoms in total. The minimum atomic E-state index is 0.608. The summed E-state index contributed by atoms with van der Waals surface area (Å²) in [5.41, 5.74) is 0. The molecule has 0 fully saturated rings. The summed E-state index contributed by atoms with van der Waals surface area (Å²) in [6.07, 6.45) is 2.32. The van der Waals surface area contributed by atoms with Crippen molar-refractivity contribution in [3.8, 4) is 5.88 Å². The summed E-state index contributed by atoms with van der Waals surface area (Å²) in [6.45, 7) is 4.96. The summed E-state index contributed by atoms with van der Waals surface area (Å²) < 4.78 is 5.05. The third kappa shape index (κ3) is 3.20. The maximum absolute atomic E-state index is 5.05. The number of ether oxygens (including phenoxy) is 1. The third-order valence-corrected chi connectivity index (χ3v) is 1.86. The van der Waals surface area contributed by atoms with Gasteiger partial charge in [-0.05, 0) is 13.3 Å². The predicted molar refractivity (Wildman–Crippen MR) is 56.7 cm³/mol. The van der Waals surface area contributed by atoms with E-state index in [1.165, 1.54) is 6.42 Å². The fraction of sp³-hybridized carbons (Fsp3) is 0.600. The van der Waals surface area contributed by atoms with E-state index in [1.807, 2.05) is 13.0 Å². The molecule has 14 heavy (non-hydrogen) atoms. The van der Waals surface area contributed by atoms with Crippen molar-refractivity contribution in [1.82, 2.24) is 9.97 Å². The first-order valence-corrected chi connectivity index (χ1v) is 4.89. The largest absolute Gasteiger partial charge is 0.481 e. The predicted octanol–water partition coefficient (Wildman–Crippen LogP) is 2.01. The van der Waals surface area contributed by atoms with Gasteiger partial charge in [-0.3, -0.25) is 0 Å². The van der Waals surface area contributed by atoms with Gasteiger partial charge in [0, 0.05) is 12.6 Å². The Morgan fingerprint density at radius 3 is 2.86 bits per heavy atom. The third-order valence-electron chi connectivity index (χ3n) is 1.86. The van der Waals surface area contributed by atoms with Gasteiger partial charge in [-0.15, -0.1) is 0 Å². The maximum Gasteiger partial charge on any atom is 0.218 e. The summed E-state index contributed by atoms with van der Waals surface area (Å²) in [5.74, 6) is 2.17. The summed E-state index contributed by atoms with van der Waals surface area (Å²) in [6, 6.07) is 1.81. The van der Waals surface area contributed by atoms with Crippen LogP contribution in [0.1, 0.15) is 25.6 Å². The topological polar surface area (TPSA) is 47.0 Å². The molecule has 78 valence electrons. The first-order chi connectivity index (χ1) is 6.76. The molecule has 0 atom stereocenters. The van der Waals surface area contributed by atoms with Crippen molar-refractivity contribution in [2.24, 2.45) is 0 Å². The summed E-state index contributed by atoms with van der Waals surface area (Å²) in [4.78, 5) is 8.36. The fourth-order valence-corrected chi connectivity index (χ4v) is 1.13. The second-order valence-electron chi connectivity index (χ2n) is 3.12. The van der Waals surface area contributed by atoms with Crippen LogP contribution in [0, 0.1) is 6.92 Å². The molecule has 0 aliphatic heterocycles. The molecule has 0 aliphatic rings. The van der Waals surface area contributed by atoms with Crippen LogP contribution in [0.2, 0.25) is 0 Å². The van der Waals surface area contributed by atoms with E-state index in [0.717, 1.165) is 24.6 Å². The molecule has 0 saturated heterocycles. The van der Waals surface area contributed by atoms with Crippen LogP contribution in [-0.4, -0.2) is 23.6 Å². The molecule has 1 N–H and O–H groups in total. The van der Waals surface area contributed by atoms with Crippen molar-refractivity contribution in [3.05, 3.63) is 11.9 Å². The molecule has 1 aromatic heterocycles. The Morgan fingerprint density at radius 1 is 1.43 bits per heavy atom. The van der Waals surface area contributed by atoms with E-state index in [4.69, 9.17) is 4.74 Å². The van der Waals surface area contributed by atoms with Crippen molar-refractivity contribution in [2.75, 3.05) is 19.0 Å². The maximum atomic E-state index is 5.05. The summed E-state index contributed by atoms with van der Waals surface area (Å²) >= 11 is 0. The smallest absolute Gasteiger partial charge is 0.218 e. The molecule has 0 saturated carbocycles. The molecular weight excluding hydrogens is 178 g/mol. The van der Waals surface area contributed by atoms with E-state index in [-0.39, 0.29) is 0 Å². The Bertz CT molecular complexity index is 289. The van der Waals surface area contributed by atoms with Crippen LogP contribution in [0.5, 0.6) is 5.88 Å². The summed E-state index contributed by atoms with van der Waals surface area (Å²) in [7, 11) is 1.61. The lowest BCUT2D eigenvalue weighted by atomic mass is 10.3. The highest BCUT2D eigenvalue weighted by Gasteiger charge is 2.00. The molecule has 0 amide bonds.